The summed E-state index contributed by atoms with van der Waals surface area (Å²) in [7, 11) is 1.61. The van der Waals surface area contributed by atoms with E-state index in [1.54, 1.807) is 19.4 Å². The minimum Gasteiger partial charge on any atom is -0.496 e. The van der Waals surface area contributed by atoms with Gasteiger partial charge in [-0.2, -0.15) is 4.98 Å². The van der Waals surface area contributed by atoms with Gasteiger partial charge in [0.1, 0.15) is 17.8 Å². The second-order valence-corrected chi connectivity index (χ2v) is 5.61. The summed E-state index contributed by atoms with van der Waals surface area (Å²) in [5.74, 6) is 1.30. The Morgan fingerprint density at radius 3 is 2.65 bits per heavy atom. The maximum atomic E-state index is 5.61. The summed E-state index contributed by atoms with van der Waals surface area (Å²) in [5.41, 5.74) is 0.797. The van der Waals surface area contributed by atoms with E-state index in [0.717, 1.165) is 21.2 Å². The monoisotopic (exact) mass is 404 g/mol. The predicted molar refractivity (Wildman–Crippen MR) is 82.4 cm³/mol. The number of aromatic nitrogens is 1. The van der Waals surface area contributed by atoms with Gasteiger partial charge in [0.2, 0.25) is 0 Å². The van der Waals surface area contributed by atoms with Crippen LogP contribution in [0.15, 0.2) is 31.8 Å². The van der Waals surface area contributed by atoms with E-state index in [1.165, 1.54) is 0 Å². The third-order valence-corrected chi connectivity index (χ3v) is 3.73. The number of oxazole rings is 1. The fraction of sp³-hybridized carbons (Fsp3) is 0.308. The van der Waals surface area contributed by atoms with Gasteiger partial charge in [0.15, 0.2) is 0 Å². The van der Waals surface area contributed by atoms with Gasteiger partial charge in [-0.05, 0) is 44.5 Å². The maximum Gasteiger partial charge on any atom is 0.399 e. The van der Waals surface area contributed by atoms with Crippen LogP contribution in [0.3, 0.4) is 0 Å². The molecule has 1 heterocycles. The zero-order chi connectivity index (χ0) is 14.5. The van der Waals surface area contributed by atoms with Gasteiger partial charge in [0.05, 0.1) is 21.7 Å². The maximum absolute atomic E-state index is 5.61. The number of ether oxygens (including phenoxy) is 2. The van der Waals surface area contributed by atoms with Gasteiger partial charge in [-0.15, -0.1) is 0 Å². The van der Waals surface area contributed by atoms with Crippen LogP contribution in [0, 0.1) is 0 Å². The highest BCUT2D eigenvalue weighted by Gasteiger charge is 2.12. The van der Waals surface area contributed by atoms with Gasteiger partial charge in [-0.3, -0.25) is 0 Å². The Morgan fingerprint density at radius 2 is 1.95 bits per heavy atom. The highest BCUT2D eigenvalue weighted by Crippen LogP contribution is 2.37. The molecule has 0 saturated carbocycles. The number of halogens is 2. The Morgan fingerprint density at radius 1 is 1.25 bits per heavy atom. The Kier molecular flexibility index (Phi) is 5.45. The second kappa shape index (κ2) is 7.10. The van der Waals surface area contributed by atoms with Crippen molar-refractivity contribution in [3.05, 3.63) is 33.0 Å². The number of methoxy groups -OCH3 is 1. The van der Waals surface area contributed by atoms with Crippen molar-refractivity contribution in [2.24, 2.45) is 0 Å². The lowest BCUT2D eigenvalue weighted by Crippen LogP contribution is -2.11. The van der Waals surface area contributed by atoms with Crippen LogP contribution in [-0.4, -0.2) is 18.6 Å². The molecule has 0 radical (unpaired) electrons. The molecule has 0 unspecified atom stereocenters. The summed E-state index contributed by atoms with van der Waals surface area (Å²) < 4.78 is 17.6. The SMILES string of the molecule is CCNCc1coc(Oc2cc(Br)c(OC)cc2Br)n1. The molecule has 0 aliphatic rings. The lowest BCUT2D eigenvalue weighted by Gasteiger charge is -2.08. The Balaban J connectivity index is 2.13. The van der Waals surface area contributed by atoms with Crippen LogP contribution in [-0.2, 0) is 6.54 Å². The van der Waals surface area contributed by atoms with Crippen LogP contribution in [0.4, 0.5) is 0 Å². The first-order chi connectivity index (χ1) is 9.63. The first-order valence-corrected chi connectivity index (χ1v) is 7.58. The molecule has 0 atom stereocenters. The van der Waals surface area contributed by atoms with Gasteiger partial charge in [0.25, 0.3) is 0 Å². The van der Waals surface area contributed by atoms with Crippen LogP contribution < -0.4 is 14.8 Å². The van der Waals surface area contributed by atoms with E-state index in [0.29, 0.717) is 18.0 Å². The summed E-state index contributed by atoms with van der Waals surface area (Å²) in [5, 5.41) is 3.17. The molecule has 1 N–H and O–H groups in total. The largest absolute Gasteiger partial charge is 0.496 e. The van der Waals surface area contributed by atoms with Crippen LogP contribution in [0.2, 0.25) is 0 Å². The Hall–Kier alpha value is -1.05. The minimum absolute atomic E-state index is 0.204. The molecule has 5 nitrogen and oxygen atoms in total. The van der Waals surface area contributed by atoms with E-state index in [4.69, 9.17) is 13.9 Å². The van der Waals surface area contributed by atoms with Crippen LogP contribution in [0.5, 0.6) is 17.6 Å². The third-order valence-electron chi connectivity index (χ3n) is 2.49. The van der Waals surface area contributed by atoms with E-state index in [1.807, 2.05) is 13.0 Å². The molecule has 0 aliphatic carbocycles. The normalized spacial score (nSPS) is 10.6. The summed E-state index contributed by atoms with van der Waals surface area (Å²) in [6.07, 6.45) is 1.78. The first-order valence-electron chi connectivity index (χ1n) is 6.00. The van der Waals surface area contributed by atoms with Crippen molar-refractivity contribution in [3.63, 3.8) is 0 Å². The second-order valence-electron chi connectivity index (χ2n) is 3.90. The zero-order valence-corrected chi connectivity index (χ0v) is 14.2. The molecule has 1 aromatic carbocycles. The lowest BCUT2D eigenvalue weighted by molar-refractivity contribution is 0.328. The molecular formula is C13H14Br2N2O3. The van der Waals surface area contributed by atoms with E-state index >= 15 is 0 Å². The Bertz CT molecular complexity index is 587. The highest BCUT2D eigenvalue weighted by atomic mass is 79.9. The van der Waals surface area contributed by atoms with Crippen molar-refractivity contribution >= 4 is 31.9 Å². The van der Waals surface area contributed by atoms with E-state index in [9.17, 15) is 0 Å². The summed E-state index contributed by atoms with van der Waals surface area (Å²) >= 11 is 6.83. The molecule has 0 spiro atoms. The number of hydrogen-bond donors (Lipinski definition) is 1. The average Bonchev–Trinajstić information content (AvgIpc) is 2.87. The molecular weight excluding hydrogens is 392 g/mol. The zero-order valence-electron chi connectivity index (χ0n) is 11.1. The standard InChI is InChI=1S/C13H14Br2N2O3/c1-3-16-6-8-7-19-13(17-8)20-12-5-9(14)11(18-2)4-10(12)15/h4-5,7,16H,3,6H2,1-2H3. The molecule has 1 aromatic heterocycles. The van der Waals surface area contributed by atoms with Crippen molar-refractivity contribution < 1.29 is 13.9 Å². The molecule has 2 rings (SSSR count). The first kappa shape index (κ1) is 15.3. The van der Waals surface area contributed by atoms with Crippen LogP contribution in [0.1, 0.15) is 12.6 Å². The van der Waals surface area contributed by atoms with Gasteiger partial charge in [0, 0.05) is 12.6 Å². The Labute approximate surface area is 133 Å². The summed E-state index contributed by atoms with van der Waals surface area (Å²) in [4.78, 5) is 4.24. The number of nitrogens with one attached hydrogen (secondary N) is 1. The van der Waals surface area contributed by atoms with Crippen LogP contribution in [0.25, 0.3) is 0 Å². The fourth-order valence-electron chi connectivity index (χ4n) is 1.51. The predicted octanol–water partition coefficient (Wildman–Crippen LogP) is 4.11. The molecule has 0 aliphatic heterocycles. The molecule has 108 valence electrons. The van der Waals surface area contributed by atoms with E-state index in [-0.39, 0.29) is 6.08 Å². The smallest absolute Gasteiger partial charge is 0.399 e. The topological polar surface area (TPSA) is 56.5 Å². The van der Waals surface area contributed by atoms with Gasteiger partial charge < -0.3 is 19.2 Å². The molecule has 0 amide bonds. The number of nitrogens with zero attached hydrogens (tertiary/aromatic N) is 1. The molecule has 2 aromatic rings. The number of benzene rings is 1. The van der Waals surface area contributed by atoms with Crippen LogP contribution >= 0.6 is 31.9 Å². The van der Waals surface area contributed by atoms with Crippen molar-refractivity contribution in [1.29, 1.82) is 0 Å². The lowest BCUT2D eigenvalue weighted by atomic mass is 10.3. The summed E-state index contributed by atoms with van der Waals surface area (Å²) in [6.45, 7) is 3.56. The van der Waals surface area contributed by atoms with E-state index < -0.39 is 0 Å². The highest BCUT2D eigenvalue weighted by molar-refractivity contribution is 9.11. The third kappa shape index (κ3) is 3.74. The minimum atomic E-state index is 0.204. The average molecular weight is 406 g/mol. The molecule has 20 heavy (non-hydrogen) atoms. The molecule has 0 saturated heterocycles. The van der Waals surface area contributed by atoms with Gasteiger partial charge >= 0.3 is 6.08 Å². The van der Waals surface area contributed by atoms with E-state index in [2.05, 4.69) is 42.2 Å². The van der Waals surface area contributed by atoms with Gasteiger partial charge in [-0.1, -0.05) is 6.92 Å². The van der Waals surface area contributed by atoms with Gasteiger partial charge in [-0.25, -0.2) is 0 Å². The molecule has 0 bridgehead atoms. The summed E-state index contributed by atoms with van der Waals surface area (Å²) in [6, 6.07) is 3.60. The van der Waals surface area contributed by atoms with Crippen molar-refractivity contribution in [2.45, 2.75) is 13.5 Å². The van der Waals surface area contributed by atoms with Crippen molar-refractivity contribution in [1.82, 2.24) is 10.3 Å². The van der Waals surface area contributed by atoms with Crippen molar-refractivity contribution in [3.8, 4) is 17.6 Å². The van der Waals surface area contributed by atoms with Crippen molar-refractivity contribution in [2.75, 3.05) is 13.7 Å². The molecule has 0 fully saturated rings. The molecule has 7 heteroatoms. The number of hydrogen-bond acceptors (Lipinski definition) is 5. The fourth-order valence-corrected chi connectivity index (χ4v) is 2.40. The quantitative estimate of drug-likeness (QED) is 0.783. The number of rotatable bonds is 6.